The highest BCUT2D eigenvalue weighted by Crippen LogP contribution is 2.29. The number of hydrogen-bond donors (Lipinski definition) is 0. The number of carbonyl (C=O) groups is 1. The van der Waals surface area contributed by atoms with Crippen molar-refractivity contribution in [1.82, 2.24) is 4.90 Å². The quantitative estimate of drug-likeness (QED) is 0.745. The van der Waals surface area contributed by atoms with Gasteiger partial charge < -0.3 is 4.90 Å². The van der Waals surface area contributed by atoms with Gasteiger partial charge >= 0.3 is 6.18 Å². The van der Waals surface area contributed by atoms with Crippen molar-refractivity contribution in [3.63, 3.8) is 0 Å². The Labute approximate surface area is 121 Å². The van der Waals surface area contributed by atoms with Gasteiger partial charge in [0.05, 0.1) is 11.3 Å². The molecule has 20 heavy (non-hydrogen) atoms. The van der Waals surface area contributed by atoms with E-state index in [9.17, 15) is 18.0 Å². The summed E-state index contributed by atoms with van der Waals surface area (Å²) in [6, 6.07) is 4.90. The highest BCUT2D eigenvalue weighted by Gasteiger charge is 2.29. The molecule has 0 bridgehead atoms. The smallest absolute Gasteiger partial charge is 0.341 e. The molecule has 112 valence electrons. The number of hydrogen-bond acceptors (Lipinski definition) is 2. The number of amides is 1. The normalized spacial score (nSPS) is 11.4. The van der Waals surface area contributed by atoms with E-state index in [0.29, 0.717) is 17.9 Å². The van der Waals surface area contributed by atoms with Crippen LogP contribution < -0.4 is 0 Å². The van der Waals surface area contributed by atoms with Crippen LogP contribution in [0.3, 0.4) is 0 Å². The van der Waals surface area contributed by atoms with Crippen molar-refractivity contribution in [1.29, 1.82) is 0 Å². The number of alkyl halides is 3. The lowest BCUT2D eigenvalue weighted by Gasteiger charge is -2.17. The molecule has 0 spiro atoms. The van der Waals surface area contributed by atoms with Crippen molar-refractivity contribution >= 4 is 17.7 Å². The van der Waals surface area contributed by atoms with Crippen LogP contribution in [0.1, 0.15) is 24.5 Å². The fourth-order valence-electron chi connectivity index (χ4n) is 1.58. The van der Waals surface area contributed by atoms with Gasteiger partial charge in [-0.3, -0.25) is 4.79 Å². The molecule has 0 radical (unpaired) electrons. The number of benzene rings is 1. The lowest BCUT2D eigenvalue weighted by Crippen LogP contribution is -2.27. The Kier molecular flexibility index (Phi) is 6.39. The largest absolute Gasteiger partial charge is 0.416 e. The van der Waals surface area contributed by atoms with Crippen molar-refractivity contribution < 1.29 is 18.0 Å². The van der Waals surface area contributed by atoms with Gasteiger partial charge in [-0.25, -0.2) is 0 Å². The molecule has 1 aromatic carbocycles. The molecule has 0 heterocycles. The zero-order valence-electron chi connectivity index (χ0n) is 11.5. The molecule has 1 rings (SSSR count). The van der Waals surface area contributed by atoms with Gasteiger partial charge in [-0.1, -0.05) is 19.1 Å². The van der Waals surface area contributed by atoms with Crippen LogP contribution >= 0.6 is 11.8 Å². The first-order valence-electron chi connectivity index (χ1n) is 6.32. The minimum atomic E-state index is -4.32. The highest BCUT2D eigenvalue weighted by atomic mass is 32.2. The van der Waals surface area contributed by atoms with Crippen molar-refractivity contribution in [3.05, 3.63) is 35.4 Å². The molecule has 0 atom stereocenters. The molecule has 6 heteroatoms. The molecule has 0 aliphatic heterocycles. The minimum absolute atomic E-state index is 0.0108. The van der Waals surface area contributed by atoms with E-state index >= 15 is 0 Å². The summed E-state index contributed by atoms with van der Waals surface area (Å²) < 4.78 is 37.2. The summed E-state index contributed by atoms with van der Waals surface area (Å²) in [5.74, 6) is 1.33. The van der Waals surface area contributed by atoms with Crippen LogP contribution in [0, 0.1) is 0 Å². The third-order valence-electron chi connectivity index (χ3n) is 2.70. The van der Waals surface area contributed by atoms with Crippen LogP contribution in [-0.2, 0) is 17.5 Å². The molecule has 0 saturated carbocycles. The Morgan fingerprint density at radius 3 is 2.35 bits per heavy atom. The second-order valence-electron chi connectivity index (χ2n) is 4.50. The van der Waals surface area contributed by atoms with Crippen LogP contribution in [0.2, 0.25) is 0 Å². The van der Waals surface area contributed by atoms with E-state index in [2.05, 4.69) is 0 Å². The third kappa shape index (κ3) is 5.45. The molecular formula is C14H18F3NOS. The number of carbonyl (C=O) groups excluding carboxylic acids is 1. The van der Waals surface area contributed by atoms with Crippen molar-refractivity contribution in [3.8, 4) is 0 Å². The van der Waals surface area contributed by atoms with Crippen molar-refractivity contribution in [2.75, 3.05) is 18.6 Å². The lowest BCUT2D eigenvalue weighted by molar-refractivity contribution is -0.137. The maximum absolute atomic E-state index is 12.4. The molecule has 0 aliphatic rings. The Balaban J connectivity index is 2.53. The molecular weight excluding hydrogens is 287 g/mol. The number of halogens is 3. The van der Waals surface area contributed by atoms with Crippen LogP contribution in [0.25, 0.3) is 0 Å². The first kappa shape index (κ1) is 16.9. The predicted octanol–water partition coefficient (Wildman–Crippen LogP) is 3.81. The Hall–Kier alpha value is -1.17. The summed E-state index contributed by atoms with van der Waals surface area (Å²) in [5, 5.41) is 0. The summed E-state index contributed by atoms with van der Waals surface area (Å²) >= 11 is 1.57. The van der Waals surface area contributed by atoms with Crippen molar-refractivity contribution in [2.45, 2.75) is 26.1 Å². The maximum Gasteiger partial charge on any atom is 0.416 e. The van der Waals surface area contributed by atoms with E-state index in [-0.39, 0.29) is 5.91 Å². The van der Waals surface area contributed by atoms with E-state index < -0.39 is 11.7 Å². The first-order valence-corrected chi connectivity index (χ1v) is 7.48. The minimum Gasteiger partial charge on any atom is -0.341 e. The number of rotatable bonds is 6. The van der Waals surface area contributed by atoms with E-state index in [0.717, 1.165) is 24.3 Å². The fourth-order valence-corrected chi connectivity index (χ4v) is 2.40. The number of nitrogens with zero attached hydrogens (tertiary/aromatic N) is 1. The first-order chi connectivity index (χ1) is 9.34. The Morgan fingerprint density at radius 1 is 1.25 bits per heavy atom. The van der Waals surface area contributed by atoms with Gasteiger partial charge in [-0.15, -0.1) is 0 Å². The van der Waals surface area contributed by atoms with Gasteiger partial charge in [0.2, 0.25) is 5.91 Å². The summed E-state index contributed by atoms with van der Waals surface area (Å²) in [5.41, 5.74) is 0.0167. The van der Waals surface area contributed by atoms with Crippen LogP contribution in [0.15, 0.2) is 24.3 Å². The van der Waals surface area contributed by atoms with E-state index in [1.807, 2.05) is 6.92 Å². The van der Waals surface area contributed by atoms with Gasteiger partial charge in [0, 0.05) is 13.6 Å². The van der Waals surface area contributed by atoms with Crippen molar-refractivity contribution in [2.24, 2.45) is 0 Å². The molecule has 2 nitrogen and oxygen atoms in total. The fraction of sp³-hybridized carbons (Fsp3) is 0.500. The molecule has 1 amide bonds. The predicted molar refractivity (Wildman–Crippen MR) is 75.5 cm³/mol. The van der Waals surface area contributed by atoms with E-state index in [1.165, 1.54) is 17.0 Å². The molecule has 0 saturated heterocycles. The standard InChI is InChI=1S/C14H18F3NOS/c1-3-8-20-10-13(19)18(2)9-11-4-6-12(7-5-11)14(15,16)17/h4-7H,3,8-10H2,1-2H3. The van der Waals surface area contributed by atoms with E-state index in [4.69, 9.17) is 0 Å². The average Bonchev–Trinajstić information content (AvgIpc) is 2.38. The Bertz CT molecular complexity index is 431. The lowest BCUT2D eigenvalue weighted by atomic mass is 10.1. The van der Waals surface area contributed by atoms with Gasteiger partial charge in [-0.2, -0.15) is 24.9 Å². The molecule has 0 aromatic heterocycles. The van der Waals surface area contributed by atoms with Gasteiger partial charge in [0.15, 0.2) is 0 Å². The number of thioether (sulfide) groups is 1. The summed E-state index contributed by atoms with van der Waals surface area (Å²) in [6.45, 7) is 2.37. The highest BCUT2D eigenvalue weighted by molar-refractivity contribution is 7.99. The summed E-state index contributed by atoms with van der Waals surface area (Å²) in [4.78, 5) is 13.3. The third-order valence-corrected chi connectivity index (χ3v) is 3.85. The monoisotopic (exact) mass is 305 g/mol. The summed E-state index contributed by atoms with van der Waals surface area (Å²) in [6.07, 6.45) is -3.31. The van der Waals surface area contributed by atoms with Crippen LogP contribution in [0.5, 0.6) is 0 Å². The van der Waals surface area contributed by atoms with Crippen LogP contribution in [0.4, 0.5) is 13.2 Å². The zero-order valence-corrected chi connectivity index (χ0v) is 12.4. The molecule has 0 unspecified atom stereocenters. The van der Waals surface area contributed by atoms with Gasteiger partial charge in [0.1, 0.15) is 0 Å². The Morgan fingerprint density at radius 2 is 1.85 bits per heavy atom. The second kappa shape index (κ2) is 7.57. The zero-order chi connectivity index (χ0) is 15.2. The second-order valence-corrected chi connectivity index (χ2v) is 5.60. The molecule has 0 aliphatic carbocycles. The van der Waals surface area contributed by atoms with Crippen LogP contribution in [-0.4, -0.2) is 29.4 Å². The van der Waals surface area contributed by atoms with Gasteiger partial charge in [0.25, 0.3) is 0 Å². The van der Waals surface area contributed by atoms with E-state index in [1.54, 1.807) is 18.8 Å². The molecule has 1 aromatic rings. The molecule has 0 fully saturated rings. The maximum atomic E-state index is 12.4. The SMILES string of the molecule is CCCSCC(=O)N(C)Cc1ccc(C(F)(F)F)cc1. The van der Waals surface area contributed by atoms with Gasteiger partial charge in [-0.05, 0) is 29.9 Å². The summed E-state index contributed by atoms with van der Waals surface area (Å²) in [7, 11) is 1.66. The topological polar surface area (TPSA) is 20.3 Å². The average molecular weight is 305 g/mol. The molecule has 0 N–H and O–H groups in total.